The Morgan fingerprint density at radius 1 is 1.10 bits per heavy atom. The van der Waals surface area contributed by atoms with E-state index in [0.29, 0.717) is 31.5 Å². The fraction of sp³-hybridized carbons (Fsp3) is 0.429. The summed E-state index contributed by atoms with van der Waals surface area (Å²) >= 11 is 0. The fourth-order valence-electron chi connectivity index (χ4n) is 2.57. The molecule has 6 nitrogen and oxygen atoms in total. The molecule has 0 saturated carbocycles. The van der Waals surface area contributed by atoms with Crippen molar-refractivity contribution >= 4 is 11.9 Å². The van der Waals surface area contributed by atoms with E-state index in [1.54, 1.807) is 17.0 Å². The highest BCUT2D eigenvalue weighted by Crippen LogP contribution is 2.28. The summed E-state index contributed by atoms with van der Waals surface area (Å²) in [5.41, 5.74) is 0.587. The van der Waals surface area contributed by atoms with E-state index in [1.165, 1.54) is 12.1 Å². The predicted octanol–water partition coefficient (Wildman–Crippen LogP) is 1.31. The van der Waals surface area contributed by atoms with Crippen LogP contribution in [0.15, 0.2) is 24.3 Å². The van der Waals surface area contributed by atoms with E-state index in [4.69, 9.17) is 5.11 Å². The average molecular weight is 279 g/mol. The minimum Gasteiger partial charge on any atom is -0.508 e. The van der Waals surface area contributed by atoms with Gasteiger partial charge in [-0.3, -0.25) is 14.5 Å². The molecule has 20 heavy (non-hydrogen) atoms. The highest BCUT2D eigenvalue weighted by atomic mass is 16.4. The number of hydrogen-bond acceptors (Lipinski definition) is 4. The predicted molar refractivity (Wildman–Crippen MR) is 70.4 cm³/mol. The SMILES string of the molecule is O=C(O)C1CCN(C(C(=O)O)c2ccc(O)cc2)CC1. The standard InChI is InChI=1S/C14H17NO5/c16-11-3-1-9(2-4-11)12(14(19)20)15-7-5-10(6-8-15)13(17)18/h1-4,10,12,16H,5-8H2,(H,17,18)(H,19,20). The van der Waals surface area contributed by atoms with E-state index in [9.17, 15) is 19.8 Å². The van der Waals surface area contributed by atoms with E-state index in [2.05, 4.69) is 0 Å². The van der Waals surface area contributed by atoms with Gasteiger partial charge in [0.1, 0.15) is 11.8 Å². The van der Waals surface area contributed by atoms with Crippen molar-refractivity contribution < 1.29 is 24.9 Å². The number of hydrogen-bond donors (Lipinski definition) is 3. The first-order valence-electron chi connectivity index (χ1n) is 6.47. The van der Waals surface area contributed by atoms with E-state index in [1.807, 2.05) is 0 Å². The lowest BCUT2D eigenvalue weighted by molar-refractivity contribution is -0.146. The van der Waals surface area contributed by atoms with Gasteiger partial charge in [-0.05, 0) is 30.5 Å². The summed E-state index contributed by atoms with van der Waals surface area (Å²) in [7, 11) is 0. The largest absolute Gasteiger partial charge is 0.508 e. The van der Waals surface area contributed by atoms with Gasteiger partial charge in [0.25, 0.3) is 0 Å². The minimum atomic E-state index is -0.968. The molecule has 1 unspecified atom stereocenters. The van der Waals surface area contributed by atoms with Crippen molar-refractivity contribution in [2.45, 2.75) is 18.9 Å². The number of benzene rings is 1. The number of phenolic OH excluding ortho intramolecular Hbond substituents is 1. The third kappa shape index (κ3) is 3.08. The summed E-state index contributed by atoms with van der Waals surface area (Å²) in [6.07, 6.45) is 0.911. The van der Waals surface area contributed by atoms with Crippen LogP contribution in [0.1, 0.15) is 24.4 Å². The van der Waals surface area contributed by atoms with Crippen molar-refractivity contribution in [3.63, 3.8) is 0 Å². The second-order valence-corrected chi connectivity index (χ2v) is 4.98. The molecule has 1 heterocycles. The van der Waals surface area contributed by atoms with Gasteiger partial charge >= 0.3 is 11.9 Å². The monoisotopic (exact) mass is 279 g/mol. The Morgan fingerprint density at radius 3 is 2.10 bits per heavy atom. The number of phenols is 1. The van der Waals surface area contributed by atoms with Gasteiger partial charge in [0, 0.05) is 13.1 Å². The van der Waals surface area contributed by atoms with Crippen LogP contribution < -0.4 is 0 Å². The first kappa shape index (κ1) is 14.3. The van der Waals surface area contributed by atoms with Gasteiger partial charge in [0.2, 0.25) is 0 Å². The molecule has 1 saturated heterocycles. The van der Waals surface area contributed by atoms with Crippen molar-refractivity contribution in [1.29, 1.82) is 0 Å². The van der Waals surface area contributed by atoms with Crippen LogP contribution in [0.2, 0.25) is 0 Å². The average Bonchev–Trinajstić information content (AvgIpc) is 2.41. The summed E-state index contributed by atoms with van der Waals surface area (Å²) in [6.45, 7) is 0.879. The van der Waals surface area contributed by atoms with Crippen LogP contribution in [0.4, 0.5) is 0 Å². The van der Waals surface area contributed by atoms with Gasteiger partial charge in [-0.15, -0.1) is 0 Å². The Labute approximate surface area is 116 Å². The Morgan fingerprint density at radius 2 is 1.65 bits per heavy atom. The van der Waals surface area contributed by atoms with Crippen LogP contribution in [-0.2, 0) is 9.59 Å². The number of rotatable bonds is 4. The summed E-state index contributed by atoms with van der Waals surface area (Å²) in [5.74, 6) is -2.09. The molecule has 108 valence electrons. The van der Waals surface area contributed by atoms with E-state index in [0.717, 1.165) is 0 Å². The van der Waals surface area contributed by atoms with Crippen molar-refractivity contribution in [3.8, 4) is 5.75 Å². The maximum absolute atomic E-state index is 11.5. The number of carboxylic acids is 2. The Balaban J connectivity index is 2.12. The van der Waals surface area contributed by atoms with Gasteiger partial charge in [-0.25, -0.2) is 0 Å². The van der Waals surface area contributed by atoms with E-state index in [-0.39, 0.29) is 11.7 Å². The second-order valence-electron chi connectivity index (χ2n) is 4.98. The molecular formula is C14H17NO5. The van der Waals surface area contributed by atoms with Gasteiger partial charge in [0.05, 0.1) is 5.92 Å². The summed E-state index contributed by atoms with van der Waals surface area (Å²) in [5, 5.41) is 27.6. The molecule has 1 atom stereocenters. The summed E-state index contributed by atoms with van der Waals surface area (Å²) < 4.78 is 0. The van der Waals surface area contributed by atoms with Crippen LogP contribution in [0.3, 0.4) is 0 Å². The molecule has 1 aliphatic heterocycles. The molecule has 1 aromatic carbocycles. The van der Waals surface area contributed by atoms with Crippen LogP contribution in [-0.4, -0.2) is 45.2 Å². The molecular weight excluding hydrogens is 262 g/mol. The topological polar surface area (TPSA) is 98.1 Å². The first-order valence-corrected chi connectivity index (χ1v) is 6.47. The molecule has 0 amide bonds. The number of piperidine rings is 1. The molecule has 3 N–H and O–H groups in total. The first-order chi connectivity index (χ1) is 9.49. The fourth-order valence-corrected chi connectivity index (χ4v) is 2.57. The zero-order valence-electron chi connectivity index (χ0n) is 10.9. The maximum Gasteiger partial charge on any atom is 0.325 e. The highest BCUT2D eigenvalue weighted by molar-refractivity contribution is 5.76. The van der Waals surface area contributed by atoms with Crippen molar-refractivity contribution in [3.05, 3.63) is 29.8 Å². The van der Waals surface area contributed by atoms with Crippen LogP contribution in [0.5, 0.6) is 5.75 Å². The lowest BCUT2D eigenvalue weighted by atomic mass is 9.94. The molecule has 0 aromatic heterocycles. The summed E-state index contributed by atoms with van der Waals surface area (Å²) in [6, 6.07) is 5.27. The van der Waals surface area contributed by atoms with Crippen molar-refractivity contribution in [2.24, 2.45) is 5.92 Å². The number of aliphatic carboxylic acids is 2. The molecule has 1 fully saturated rings. The molecule has 2 rings (SSSR count). The van der Waals surface area contributed by atoms with Crippen LogP contribution >= 0.6 is 0 Å². The second kappa shape index (κ2) is 5.92. The van der Waals surface area contributed by atoms with Gasteiger partial charge in [-0.2, -0.15) is 0 Å². The van der Waals surface area contributed by atoms with Gasteiger partial charge in [0.15, 0.2) is 0 Å². The van der Waals surface area contributed by atoms with E-state index < -0.39 is 18.0 Å². The quantitative estimate of drug-likeness (QED) is 0.768. The van der Waals surface area contributed by atoms with Crippen molar-refractivity contribution in [1.82, 2.24) is 4.90 Å². The normalized spacial score (nSPS) is 18.6. The Kier molecular flexibility index (Phi) is 4.24. The number of carboxylic acid groups (broad SMARTS) is 2. The lowest BCUT2D eigenvalue weighted by Gasteiger charge is -2.34. The Bertz CT molecular complexity index is 491. The Hall–Kier alpha value is -2.08. The third-order valence-corrected chi connectivity index (χ3v) is 3.69. The van der Waals surface area contributed by atoms with Crippen LogP contribution in [0, 0.1) is 5.92 Å². The van der Waals surface area contributed by atoms with E-state index >= 15 is 0 Å². The number of carbonyl (C=O) groups is 2. The van der Waals surface area contributed by atoms with Crippen LogP contribution in [0.25, 0.3) is 0 Å². The highest BCUT2D eigenvalue weighted by Gasteiger charge is 2.32. The molecule has 0 aliphatic carbocycles. The third-order valence-electron chi connectivity index (χ3n) is 3.69. The molecule has 0 spiro atoms. The molecule has 1 aromatic rings. The van der Waals surface area contributed by atoms with Gasteiger partial charge in [-0.1, -0.05) is 12.1 Å². The van der Waals surface area contributed by atoms with Gasteiger partial charge < -0.3 is 15.3 Å². The van der Waals surface area contributed by atoms with Crippen molar-refractivity contribution in [2.75, 3.05) is 13.1 Å². The zero-order chi connectivity index (χ0) is 14.7. The molecule has 0 bridgehead atoms. The molecule has 6 heteroatoms. The number of aromatic hydroxyl groups is 1. The maximum atomic E-state index is 11.5. The summed E-state index contributed by atoms with van der Waals surface area (Å²) in [4.78, 5) is 24.2. The minimum absolute atomic E-state index is 0.0856. The number of nitrogens with zero attached hydrogens (tertiary/aromatic N) is 1. The smallest absolute Gasteiger partial charge is 0.325 e. The lowest BCUT2D eigenvalue weighted by Crippen LogP contribution is -2.41. The number of likely N-dealkylation sites (tertiary alicyclic amines) is 1. The zero-order valence-corrected chi connectivity index (χ0v) is 10.9. The molecule has 1 aliphatic rings. The molecule has 0 radical (unpaired) electrons.